The molecule has 0 spiro atoms. The average Bonchev–Trinajstić information content (AvgIpc) is 2.57. The van der Waals surface area contributed by atoms with Crippen LogP contribution in [0.4, 0.5) is 0 Å². The highest BCUT2D eigenvalue weighted by molar-refractivity contribution is 6.30. The molecule has 0 amide bonds. The van der Waals surface area contributed by atoms with E-state index in [0.29, 0.717) is 0 Å². The Kier molecular flexibility index (Phi) is 4.42. The summed E-state index contributed by atoms with van der Waals surface area (Å²) in [5.41, 5.74) is -0.848. The molecule has 0 bridgehead atoms. The number of phenolic OH excluding ortho intramolecular Hbond substituents is 4. The van der Waals surface area contributed by atoms with Crippen LogP contribution in [0.1, 0.15) is 63.6 Å². The van der Waals surface area contributed by atoms with Crippen LogP contribution in [-0.2, 0) is 0 Å². The Morgan fingerprint density at radius 1 is 0.885 bits per heavy atom. The van der Waals surface area contributed by atoms with Crippen LogP contribution in [0.2, 0.25) is 0 Å². The van der Waals surface area contributed by atoms with E-state index >= 15 is 0 Å². The normalized spacial score (nSPS) is 13.1. The van der Waals surface area contributed by atoms with Gasteiger partial charge < -0.3 is 20.4 Å². The van der Waals surface area contributed by atoms with Crippen LogP contribution >= 0.6 is 0 Å². The number of fused-ring (bicyclic) bond motifs is 2. The van der Waals surface area contributed by atoms with E-state index in [-0.39, 0.29) is 39.3 Å². The van der Waals surface area contributed by atoms with Gasteiger partial charge in [0.2, 0.25) is 5.78 Å². The smallest absolute Gasteiger partial charge is 0.202 e. The summed E-state index contributed by atoms with van der Waals surface area (Å²) >= 11 is 0. The third-order valence-corrected chi connectivity index (χ3v) is 4.37. The van der Waals surface area contributed by atoms with Crippen LogP contribution < -0.4 is 0 Å². The van der Waals surface area contributed by atoms with Gasteiger partial charge in [0.1, 0.15) is 23.0 Å². The molecule has 6 nitrogen and oxygen atoms in total. The molecule has 0 fully saturated rings. The van der Waals surface area contributed by atoms with Crippen LogP contribution in [0.25, 0.3) is 6.08 Å². The number of allylic oxidation sites excluding steroid dienone is 1. The number of carbonyl (C=O) groups excluding carboxylic acids is 2. The van der Waals surface area contributed by atoms with Crippen molar-refractivity contribution in [2.24, 2.45) is 0 Å². The lowest BCUT2D eigenvalue weighted by Crippen LogP contribution is -2.21. The second-order valence-corrected chi connectivity index (χ2v) is 6.17. The molecular weight excluding hydrogens is 336 g/mol. The summed E-state index contributed by atoms with van der Waals surface area (Å²) in [6.07, 6.45) is 5.93. The maximum atomic E-state index is 12.8. The second kappa shape index (κ2) is 6.55. The van der Waals surface area contributed by atoms with Gasteiger partial charge in [-0.25, -0.2) is 0 Å². The highest BCUT2D eigenvalue weighted by atomic mass is 16.3. The molecular formula is C20H18O6. The monoisotopic (exact) mass is 354 g/mol. The van der Waals surface area contributed by atoms with Gasteiger partial charge in [-0.05, 0) is 18.6 Å². The number of benzene rings is 2. The Labute approximate surface area is 149 Å². The Hall–Kier alpha value is -3.28. The van der Waals surface area contributed by atoms with Crippen molar-refractivity contribution in [2.75, 3.05) is 0 Å². The lowest BCUT2D eigenvalue weighted by atomic mass is 9.81. The minimum absolute atomic E-state index is 0.0442. The summed E-state index contributed by atoms with van der Waals surface area (Å²) in [6, 6.07) is 3.15. The second-order valence-electron chi connectivity index (χ2n) is 6.17. The Balaban J connectivity index is 2.18. The van der Waals surface area contributed by atoms with Gasteiger partial charge in [-0.15, -0.1) is 0 Å². The van der Waals surface area contributed by atoms with E-state index in [1.165, 1.54) is 6.08 Å². The van der Waals surface area contributed by atoms with Crippen molar-refractivity contribution in [3.05, 3.63) is 52.1 Å². The van der Waals surface area contributed by atoms with E-state index in [1.807, 2.05) is 6.92 Å². The first-order valence-electron chi connectivity index (χ1n) is 8.27. The minimum Gasteiger partial charge on any atom is -0.508 e. The SMILES string of the molecule is CCCCC=Cc1c(O)cc2c(c1O)C(=O)c1c(O)cc(O)cc1C2=O. The van der Waals surface area contributed by atoms with Crippen LogP contribution in [-0.4, -0.2) is 32.0 Å². The highest BCUT2D eigenvalue weighted by Crippen LogP contribution is 2.43. The fourth-order valence-corrected chi connectivity index (χ4v) is 3.07. The zero-order valence-corrected chi connectivity index (χ0v) is 14.1. The number of hydrogen-bond acceptors (Lipinski definition) is 6. The quantitative estimate of drug-likeness (QED) is 0.533. The predicted molar refractivity (Wildman–Crippen MR) is 95.0 cm³/mol. The lowest BCUT2D eigenvalue weighted by Gasteiger charge is -2.21. The number of phenols is 4. The minimum atomic E-state index is -0.743. The third kappa shape index (κ3) is 2.69. The van der Waals surface area contributed by atoms with Gasteiger partial charge in [-0.2, -0.15) is 0 Å². The van der Waals surface area contributed by atoms with Crippen LogP contribution in [0.15, 0.2) is 24.3 Å². The van der Waals surface area contributed by atoms with Crippen LogP contribution in [0, 0.1) is 0 Å². The molecule has 4 N–H and O–H groups in total. The molecule has 6 heteroatoms. The van der Waals surface area contributed by atoms with Crippen molar-refractivity contribution in [2.45, 2.75) is 26.2 Å². The summed E-state index contributed by atoms with van der Waals surface area (Å²) in [5, 5.41) is 40.3. The zero-order valence-electron chi connectivity index (χ0n) is 14.1. The third-order valence-electron chi connectivity index (χ3n) is 4.37. The molecule has 0 saturated carbocycles. The molecule has 1 aliphatic carbocycles. The largest absolute Gasteiger partial charge is 0.508 e. The maximum Gasteiger partial charge on any atom is 0.202 e. The molecule has 0 aromatic heterocycles. The number of aromatic hydroxyl groups is 4. The molecule has 0 aliphatic heterocycles. The van der Waals surface area contributed by atoms with Gasteiger partial charge in [-0.1, -0.05) is 31.9 Å². The first-order chi connectivity index (χ1) is 12.4. The summed E-state index contributed by atoms with van der Waals surface area (Å²) in [4.78, 5) is 25.4. The molecule has 0 saturated heterocycles. The van der Waals surface area contributed by atoms with Gasteiger partial charge in [0.25, 0.3) is 0 Å². The van der Waals surface area contributed by atoms with Crippen LogP contribution in [0.5, 0.6) is 23.0 Å². The van der Waals surface area contributed by atoms with E-state index in [4.69, 9.17) is 0 Å². The molecule has 1 aliphatic rings. The van der Waals surface area contributed by atoms with Gasteiger partial charge in [0, 0.05) is 17.2 Å². The first kappa shape index (κ1) is 17.5. The fraction of sp³-hybridized carbons (Fsp3) is 0.200. The van der Waals surface area contributed by atoms with Gasteiger partial charge >= 0.3 is 0 Å². The van der Waals surface area contributed by atoms with Gasteiger partial charge in [0.05, 0.1) is 16.7 Å². The summed E-state index contributed by atoms with van der Waals surface area (Å²) < 4.78 is 0. The van der Waals surface area contributed by atoms with E-state index < -0.39 is 23.1 Å². The average molecular weight is 354 g/mol. The number of hydrogen-bond donors (Lipinski definition) is 4. The number of carbonyl (C=O) groups is 2. The maximum absolute atomic E-state index is 12.8. The molecule has 3 rings (SSSR count). The van der Waals surface area contributed by atoms with Crippen molar-refractivity contribution in [1.82, 2.24) is 0 Å². The number of unbranched alkanes of at least 4 members (excludes halogenated alkanes) is 2. The van der Waals surface area contributed by atoms with E-state index in [1.54, 1.807) is 6.08 Å². The summed E-state index contributed by atoms with van der Waals surface area (Å²) in [6.45, 7) is 2.04. The predicted octanol–water partition coefficient (Wildman–Crippen LogP) is 3.49. The van der Waals surface area contributed by atoms with Gasteiger partial charge in [0.15, 0.2) is 5.78 Å². The molecule has 0 unspecified atom stereocenters. The van der Waals surface area contributed by atoms with Crippen molar-refractivity contribution in [3.8, 4) is 23.0 Å². The van der Waals surface area contributed by atoms with Gasteiger partial charge in [-0.3, -0.25) is 9.59 Å². The van der Waals surface area contributed by atoms with Crippen LogP contribution in [0.3, 0.4) is 0 Å². The van der Waals surface area contributed by atoms with E-state index in [0.717, 1.165) is 37.5 Å². The Morgan fingerprint density at radius 2 is 1.58 bits per heavy atom. The topological polar surface area (TPSA) is 115 Å². The Morgan fingerprint density at radius 3 is 2.27 bits per heavy atom. The molecule has 0 radical (unpaired) electrons. The van der Waals surface area contributed by atoms with Crippen molar-refractivity contribution >= 4 is 17.6 Å². The molecule has 2 aromatic rings. The van der Waals surface area contributed by atoms with Crippen molar-refractivity contribution < 1.29 is 30.0 Å². The zero-order chi connectivity index (χ0) is 19.0. The Bertz CT molecular complexity index is 956. The summed E-state index contributed by atoms with van der Waals surface area (Å²) in [7, 11) is 0. The number of ketones is 2. The molecule has 26 heavy (non-hydrogen) atoms. The van der Waals surface area contributed by atoms with Crippen molar-refractivity contribution in [1.29, 1.82) is 0 Å². The molecule has 0 heterocycles. The van der Waals surface area contributed by atoms with E-state index in [9.17, 15) is 30.0 Å². The first-order valence-corrected chi connectivity index (χ1v) is 8.27. The standard InChI is InChI=1S/C20H18O6/c1-2-3-4-5-6-11-14(22)9-13-17(19(11)25)20(26)16-12(18(13)24)7-10(21)8-15(16)23/h5-9,21-23,25H,2-4H2,1H3. The molecule has 0 atom stereocenters. The molecule has 134 valence electrons. The molecule has 2 aromatic carbocycles. The highest BCUT2D eigenvalue weighted by Gasteiger charge is 2.36. The van der Waals surface area contributed by atoms with Crippen molar-refractivity contribution in [3.63, 3.8) is 0 Å². The van der Waals surface area contributed by atoms with E-state index in [2.05, 4.69) is 0 Å². The number of rotatable bonds is 4. The lowest BCUT2D eigenvalue weighted by molar-refractivity contribution is 0.0973. The fourth-order valence-electron chi connectivity index (χ4n) is 3.07. The summed E-state index contributed by atoms with van der Waals surface area (Å²) in [5.74, 6) is -3.17.